The van der Waals surface area contributed by atoms with E-state index >= 15 is 0 Å². The van der Waals surface area contributed by atoms with Crippen molar-refractivity contribution in [3.05, 3.63) is 48.3 Å². The summed E-state index contributed by atoms with van der Waals surface area (Å²) < 4.78 is 30.6. The number of carbonyl (C=O) groups is 1. The second kappa shape index (κ2) is 7.95. The number of phenols is 1. The van der Waals surface area contributed by atoms with Crippen molar-refractivity contribution in [2.75, 3.05) is 20.7 Å². The first-order valence-corrected chi connectivity index (χ1v) is 8.77. The molecular formula is C16H19N3O5S. The maximum atomic E-state index is 12.3. The van der Waals surface area contributed by atoms with E-state index in [9.17, 15) is 18.3 Å². The van der Waals surface area contributed by atoms with Crippen LogP contribution in [0.3, 0.4) is 0 Å². The second-order valence-electron chi connectivity index (χ2n) is 5.23. The minimum Gasteiger partial charge on any atom is -0.504 e. The zero-order chi connectivity index (χ0) is 18.4. The molecule has 0 saturated carbocycles. The number of rotatable bonds is 7. The molecule has 1 heterocycles. The van der Waals surface area contributed by atoms with Crippen molar-refractivity contribution in [1.29, 1.82) is 0 Å². The van der Waals surface area contributed by atoms with Crippen LogP contribution in [-0.4, -0.2) is 49.4 Å². The smallest absolute Gasteiger partial charge is 0.244 e. The van der Waals surface area contributed by atoms with Gasteiger partial charge in [-0.15, -0.1) is 0 Å². The van der Waals surface area contributed by atoms with Crippen molar-refractivity contribution >= 4 is 15.9 Å². The summed E-state index contributed by atoms with van der Waals surface area (Å²) in [6.07, 6.45) is 2.70. The van der Waals surface area contributed by atoms with Gasteiger partial charge in [-0.05, 0) is 29.8 Å². The molecule has 2 N–H and O–H groups in total. The van der Waals surface area contributed by atoms with Crippen LogP contribution in [0.2, 0.25) is 0 Å². The second-order valence-corrected chi connectivity index (χ2v) is 7.28. The summed E-state index contributed by atoms with van der Waals surface area (Å²) in [5.74, 6) is -0.162. The van der Waals surface area contributed by atoms with Gasteiger partial charge in [0.25, 0.3) is 0 Å². The first kappa shape index (κ1) is 18.7. The lowest BCUT2D eigenvalue weighted by Gasteiger charge is -2.16. The molecule has 2 rings (SSSR count). The summed E-state index contributed by atoms with van der Waals surface area (Å²) >= 11 is 0. The Balaban J connectivity index is 1.96. The molecule has 25 heavy (non-hydrogen) atoms. The van der Waals surface area contributed by atoms with E-state index in [1.165, 1.54) is 44.8 Å². The Bertz CT molecular complexity index is 840. The normalized spacial score (nSPS) is 11.3. The molecule has 0 fully saturated rings. The number of sulfonamides is 1. The van der Waals surface area contributed by atoms with Crippen LogP contribution in [0.4, 0.5) is 0 Å². The van der Waals surface area contributed by atoms with Gasteiger partial charge in [0.2, 0.25) is 15.9 Å². The van der Waals surface area contributed by atoms with Gasteiger partial charge in [0.1, 0.15) is 4.90 Å². The minimum absolute atomic E-state index is 0.000117. The third kappa shape index (κ3) is 4.68. The molecule has 0 aliphatic carbocycles. The van der Waals surface area contributed by atoms with Crippen molar-refractivity contribution in [3.63, 3.8) is 0 Å². The number of hydrogen-bond acceptors (Lipinski definition) is 6. The van der Waals surface area contributed by atoms with Crippen LogP contribution >= 0.6 is 0 Å². The molecule has 9 heteroatoms. The number of benzene rings is 1. The Morgan fingerprint density at radius 1 is 1.36 bits per heavy atom. The zero-order valence-corrected chi connectivity index (χ0v) is 14.7. The van der Waals surface area contributed by atoms with Gasteiger partial charge in [-0.25, -0.2) is 8.42 Å². The van der Waals surface area contributed by atoms with E-state index in [0.29, 0.717) is 11.3 Å². The number of phenolic OH excluding ortho intramolecular Hbond substituents is 1. The molecule has 0 aliphatic rings. The maximum absolute atomic E-state index is 12.3. The topological polar surface area (TPSA) is 109 Å². The molecule has 8 nitrogen and oxygen atoms in total. The molecule has 1 aromatic heterocycles. The van der Waals surface area contributed by atoms with Crippen LogP contribution in [0.1, 0.15) is 5.56 Å². The quantitative estimate of drug-likeness (QED) is 0.749. The number of nitrogens with one attached hydrogen (secondary N) is 1. The molecular weight excluding hydrogens is 346 g/mol. The van der Waals surface area contributed by atoms with Crippen molar-refractivity contribution in [3.8, 4) is 11.5 Å². The largest absolute Gasteiger partial charge is 0.504 e. The van der Waals surface area contributed by atoms with Crippen molar-refractivity contribution in [2.45, 2.75) is 11.4 Å². The number of likely N-dealkylation sites (N-methyl/N-ethyl adjacent to an activating group) is 1. The molecule has 0 spiro atoms. The number of carbonyl (C=O) groups excluding carboxylic acids is 1. The van der Waals surface area contributed by atoms with Gasteiger partial charge < -0.3 is 15.2 Å². The van der Waals surface area contributed by atoms with Gasteiger partial charge in [0.05, 0.1) is 13.7 Å². The summed E-state index contributed by atoms with van der Waals surface area (Å²) in [6.45, 7) is -0.150. The highest BCUT2D eigenvalue weighted by molar-refractivity contribution is 7.89. The van der Waals surface area contributed by atoms with E-state index in [0.717, 1.165) is 4.31 Å². The first-order chi connectivity index (χ1) is 11.8. The number of nitrogens with zero attached hydrogens (tertiary/aromatic N) is 2. The van der Waals surface area contributed by atoms with Crippen molar-refractivity contribution in [1.82, 2.24) is 14.6 Å². The number of aromatic hydroxyl groups is 1. The van der Waals surface area contributed by atoms with Gasteiger partial charge in [0, 0.05) is 26.0 Å². The Labute approximate surface area is 146 Å². The van der Waals surface area contributed by atoms with Gasteiger partial charge in [-0.2, -0.15) is 4.31 Å². The fourth-order valence-corrected chi connectivity index (χ4v) is 3.15. The summed E-state index contributed by atoms with van der Waals surface area (Å²) in [5, 5.41) is 12.2. The summed E-state index contributed by atoms with van der Waals surface area (Å²) in [6, 6.07) is 7.61. The molecule has 0 unspecified atom stereocenters. The summed E-state index contributed by atoms with van der Waals surface area (Å²) in [7, 11) is -1.03. The fourth-order valence-electron chi connectivity index (χ4n) is 2.06. The standard InChI is InChI=1S/C16H19N3O5S/c1-19(25(22,23)13-4-3-7-17-10-13)11-16(21)18-9-12-5-6-14(20)15(8-12)24-2/h3-8,10,20H,9,11H2,1-2H3,(H,18,21). The van der Waals surface area contributed by atoms with E-state index in [-0.39, 0.29) is 23.7 Å². The number of hydrogen-bond donors (Lipinski definition) is 2. The highest BCUT2D eigenvalue weighted by Crippen LogP contribution is 2.26. The van der Waals surface area contributed by atoms with Crippen LogP contribution in [0.25, 0.3) is 0 Å². The van der Waals surface area contributed by atoms with Gasteiger partial charge >= 0.3 is 0 Å². The average Bonchev–Trinajstić information content (AvgIpc) is 2.61. The number of pyridine rings is 1. The number of methoxy groups -OCH3 is 1. The third-order valence-corrected chi connectivity index (χ3v) is 5.23. The highest BCUT2D eigenvalue weighted by Gasteiger charge is 2.22. The average molecular weight is 365 g/mol. The molecule has 0 saturated heterocycles. The van der Waals surface area contributed by atoms with Crippen LogP contribution in [0.5, 0.6) is 11.5 Å². The van der Waals surface area contributed by atoms with E-state index in [4.69, 9.17) is 4.74 Å². The van der Waals surface area contributed by atoms with E-state index < -0.39 is 15.9 Å². The monoisotopic (exact) mass is 365 g/mol. The Morgan fingerprint density at radius 3 is 2.76 bits per heavy atom. The van der Waals surface area contributed by atoms with Gasteiger partial charge in [-0.3, -0.25) is 9.78 Å². The number of amides is 1. The highest BCUT2D eigenvalue weighted by atomic mass is 32.2. The Hall–Kier alpha value is -2.65. The number of ether oxygens (including phenoxy) is 1. The fraction of sp³-hybridized carbons (Fsp3) is 0.250. The predicted molar refractivity (Wildman–Crippen MR) is 90.6 cm³/mol. The molecule has 0 aliphatic heterocycles. The van der Waals surface area contributed by atoms with Crippen LogP contribution < -0.4 is 10.1 Å². The van der Waals surface area contributed by atoms with Crippen molar-refractivity contribution < 1.29 is 23.1 Å². The molecule has 1 aromatic carbocycles. The lowest BCUT2D eigenvalue weighted by Crippen LogP contribution is -2.38. The van der Waals surface area contributed by atoms with Crippen LogP contribution in [-0.2, 0) is 21.4 Å². The summed E-state index contributed by atoms with van der Waals surface area (Å²) in [4.78, 5) is 15.8. The summed E-state index contributed by atoms with van der Waals surface area (Å²) in [5.41, 5.74) is 0.709. The Kier molecular flexibility index (Phi) is 5.94. The van der Waals surface area contributed by atoms with Gasteiger partial charge in [0.15, 0.2) is 11.5 Å². The van der Waals surface area contributed by atoms with Crippen LogP contribution in [0, 0.1) is 0 Å². The minimum atomic E-state index is -3.78. The lowest BCUT2D eigenvalue weighted by atomic mass is 10.2. The molecule has 2 aromatic rings. The van der Waals surface area contributed by atoms with E-state index in [1.807, 2.05) is 0 Å². The maximum Gasteiger partial charge on any atom is 0.244 e. The molecule has 0 atom stereocenters. The first-order valence-electron chi connectivity index (χ1n) is 7.33. The SMILES string of the molecule is COc1cc(CNC(=O)CN(C)S(=O)(=O)c2cccnc2)ccc1O. The molecule has 0 bridgehead atoms. The van der Waals surface area contributed by atoms with E-state index in [1.54, 1.807) is 12.1 Å². The number of aromatic nitrogens is 1. The molecule has 134 valence electrons. The Morgan fingerprint density at radius 2 is 2.12 bits per heavy atom. The third-order valence-electron chi connectivity index (χ3n) is 3.44. The zero-order valence-electron chi connectivity index (χ0n) is 13.8. The van der Waals surface area contributed by atoms with E-state index in [2.05, 4.69) is 10.3 Å². The lowest BCUT2D eigenvalue weighted by molar-refractivity contribution is -0.121. The van der Waals surface area contributed by atoms with Crippen molar-refractivity contribution in [2.24, 2.45) is 0 Å². The molecule has 1 amide bonds. The van der Waals surface area contributed by atoms with Gasteiger partial charge in [-0.1, -0.05) is 6.07 Å². The molecule has 0 radical (unpaired) electrons. The predicted octanol–water partition coefficient (Wildman–Crippen LogP) is 0.733. The van der Waals surface area contributed by atoms with Crippen LogP contribution in [0.15, 0.2) is 47.6 Å².